The molecule has 10 heteroatoms. The van der Waals surface area contributed by atoms with Gasteiger partial charge in [-0.1, -0.05) is 31.0 Å². The molecule has 1 aliphatic rings. The van der Waals surface area contributed by atoms with Gasteiger partial charge in [0.1, 0.15) is 5.60 Å². The van der Waals surface area contributed by atoms with Crippen molar-refractivity contribution in [3.63, 3.8) is 0 Å². The first-order valence-electron chi connectivity index (χ1n) is 14.6. The third-order valence-corrected chi connectivity index (χ3v) is 8.02. The van der Waals surface area contributed by atoms with Crippen LogP contribution in [0.25, 0.3) is 10.9 Å². The predicted molar refractivity (Wildman–Crippen MR) is 162 cm³/mol. The summed E-state index contributed by atoms with van der Waals surface area (Å²) in [6, 6.07) is 13.4. The Kier molecular flexibility index (Phi) is 11.1. The van der Waals surface area contributed by atoms with E-state index in [-0.39, 0.29) is 0 Å². The van der Waals surface area contributed by atoms with Gasteiger partial charge in [0.25, 0.3) is 0 Å². The summed E-state index contributed by atoms with van der Waals surface area (Å²) >= 11 is 1.60. The van der Waals surface area contributed by atoms with E-state index in [2.05, 4.69) is 16.0 Å². The van der Waals surface area contributed by atoms with E-state index in [4.69, 9.17) is 9.57 Å². The molecule has 228 valence electrons. The Morgan fingerprint density at radius 3 is 2.52 bits per heavy atom. The highest BCUT2D eigenvalue weighted by atomic mass is 32.2. The summed E-state index contributed by atoms with van der Waals surface area (Å²) in [6.45, 7) is 8.84. The van der Waals surface area contributed by atoms with Crippen molar-refractivity contribution in [3.8, 4) is 0 Å². The Morgan fingerprint density at radius 2 is 1.79 bits per heavy atom. The summed E-state index contributed by atoms with van der Waals surface area (Å²) in [5.41, 5.74) is 0.755. The lowest BCUT2D eigenvalue weighted by Crippen LogP contribution is -2.37. The Labute approximate surface area is 250 Å². The number of rotatable bonds is 11. The molecule has 0 spiro atoms. The van der Waals surface area contributed by atoms with Crippen LogP contribution in [0.1, 0.15) is 70.4 Å². The third-order valence-electron chi connectivity index (χ3n) is 6.86. The molecule has 0 saturated carbocycles. The minimum absolute atomic E-state index is 0.338. The molecule has 2 heterocycles. The fraction of sp³-hybridized carbons (Fsp3) is 0.500. The topological polar surface area (TPSA) is 54.9 Å². The van der Waals surface area contributed by atoms with Crippen molar-refractivity contribution in [2.75, 3.05) is 30.5 Å². The normalized spacial score (nSPS) is 14.7. The average Bonchev–Trinajstić information content (AvgIpc) is 2.93. The first-order chi connectivity index (χ1) is 20.0. The van der Waals surface area contributed by atoms with Crippen molar-refractivity contribution in [2.24, 2.45) is 0 Å². The molecule has 4 rings (SSSR count). The number of carbonyl (C=O) groups excluding carboxylic acids is 1. The van der Waals surface area contributed by atoms with Gasteiger partial charge in [0.15, 0.2) is 0 Å². The van der Waals surface area contributed by atoms with Crippen LogP contribution in [-0.4, -0.2) is 47.0 Å². The molecule has 1 fully saturated rings. The van der Waals surface area contributed by atoms with Crippen LogP contribution in [-0.2, 0) is 22.3 Å². The summed E-state index contributed by atoms with van der Waals surface area (Å²) in [7, 11) is 0. The second-order valence-electron chi connectivity index (χ2n) is 11.6. The second kappa shape index (κ2) is 14.6. The number of aromatic nitrogens is 1. The van der Waals surface area contributed by atoms with Gasteiger partial charge in [0.05, 0.1) is 23.4 Å². The molecule has 42 heavy (non-hydrogen) atoms. The highest BCUT2D eigenvalue weighted by Gasteiger charge is 2.30. The molecular formula is C32H40F3N3O3S. The zero-order chi connectivity index (χ0) is 30.2. The summed E-state index contributed by atoms with van der Waals surface area (Å²) in [5.74, 6) is 0.800. The van der Waals surface area contributed by atoms with Crippen LogP contribution in [0.2, 0.25) is 0 Å². The van der Waals surface area contributed by atoms with E-state index in [1.165, 1.54) is 30.4 Å². The van der Waals surface area contributed by atoms with E-state index >= 15 is 0 Å². The van der Waals surface area contributed by atoms with Gasteiger partial charge >= 0.3 is 12.3 Å². The molecule has 1 aromatic heterocycles. The van der Waals surface area contributed by atoms with E-state index in [0.717, 1.165) is 67.2 Å². The molecule has 0 aliphatic carbocycles. The number of anilines is 1. The number of hydrogen-bond acceptors (Lipinski definition) is 6. The molecule has 2 aromatic carbocycles. The summed E-state index contributed by atoms with van der Waals surface area (Å²) in [6.07, 6.45) is 2.80. The van der Waals surface area contributed by atoms with Gasteiger partial charge in [0.2, 0.25) is 0 Å². The number of ether oxygens (including phenoxy) is 1. The van der Waals surface area contributed by atoms with Gasteiger partial charge in [-0.25, -0.2) is 4.79 Å². The summed E-state index contributed by atoms with van der Waals surface area (Å²) in [5, 5.41) is 1.98. The SMILES string of the molecule is CC(C)(C)OC(=O)N(OCCCCCSc1ccnc2cc(C(F)(F)F)ccc12)c1cccc(CN2CCCCC2)c1. The third kappa shape index (κ3) is 9.61. The lowest BCUT2D eigenvalue weighted by atomic mass is 10.1. The molecule has 6 nitrogen and oxygen atoms in total. The number of thioether (sulfide) groups is 1. The number of halogens is 3. The Hall–Kier alpha value is -2.82. The van der Waals surface area contributed by atoms with Gasteiger partial charge in [-0.2, -0.15) is 18.2 Å². The number of likely N-dealkylation sites (tertiary alicyclic amines) is 1. The van der Waals surface area contributed by atoms with Crippen molar-refractivity contribution in [3.05, 3.63) is 65.9 Å². The highest BCUT2D eigenvalue weighted by molar-refractivity contribution is 7.99. The van der Waals surface area contributed by atoms with E-state index in [1.807, 2.05) is 45.0 Å². The molecule has 0 radical (unpaired) electrons. The Balaban J connectivity index is 1.29. The van der Waals surface area contributed by atoms with E-state index in [0.29, 0.717) is 23.2 Å². The van der Waals surface area contributed by atoms with Crippen LogP contribution in [0, 0.1) is 0 Å². The van der Waals surface area contributed by atoms with Gasteiger partial charge in [-0.3, -0.25) is 14.7 Å². The van der Waals surface area contributed by atoms with E-state index in [9.17, 15) is 18.0 Å². The molecule has 1 amide bonds. The second-order valence-corrected chi connectivity index (χ2v) is 12.7. The summed E-state index contributed by atoms with van der Waals surface area (Å²) < 4.78 is 44.8. The zero-order valence-corrected chi connectivity index (χ0v) is 25.4. The maximum atomic E-state index is 13.1. The van der Waals surface area contributed by atoms with Crippen molar-refractivity contribution >= 4 is 34.4 Å². The number of hydrogen-bond donors (Lipinski definition) is 0. The van der Waals surface area contributed by atoms with Crippen molar-refractivity contribution < 1.29 is 27.5 Å². The Bertz CT molecular complexity index is 1320. The fourth-order valence-electron chi connectivity index (χ4n) is 4.84. The lowest BCUT2D eigenvalue weighted by Gasteiger charge is -2.28. The molecule has 0 atom stereocenters. The fourth-order valence-corrected chi connectivity index (χ4v) is 5.89. The first-order valence-corrected chi connectivity index (χ1v) is 15.5. The zero-order valence-electron chi connectivity index (χ0n) is 24.6. The monoisotopic (exact) mass is 603 g/mol. The number of carbonyl (C=O) groups is 1. The number of fused-ring (bicyclic) bond motifs is 1. The largest absolute Gasteiger partial charge is 0.442 e. The van der Waals surface area contributed by atoms with Crippen LogP contribution in [0.15, 0.2) is 59.6 Å². The number of pyridine rings is 1. The van der Waals surface area contributed by atoms with Crippen molar-refractivity contribution in [2.45, 2.75) is 82.5 Å². The number of hydroxylamine groups is 1. The molecule has 3 aromatic rings. The van der Waals surface area contributed by atoms with Crippen LogP contribution >= 0.6 is 11.8 Å². The average molecular weight is 604 g/mol. The van der Waals surface area contributed by atoms with Crippen LogP contribution in [0.3, 0.4) is 0 Å². The molecule has 0 unspecified atom stereocenters. The van der Waals surface area contributed by atoms with Gasteiger partial charge in [-0.15, -0.1) is 11.8 Å². The minimum Gasteiger partial charge on any atom is -0.442 e. The molecule has 0 bridgehead atoms. The molecule has 0 N–H and O–H groups in total. The number of benzene rings is 2. The van der Waals surface area contributed by atoms with Gasteiger partial charge in [0, 0.05) is 23.0 Å². The van der Waals surface area contributed by atoms with Crippen LogP contribution in [0.4, 0.5) is 23.7 Å². The smallest absolute Gasteiger partial charge is 0.439 e. The Morgan fingerprint density at radius 1 is 1.00 bits per heavy atom. The van der Waals surface area contributed by atoms with E-state index in [1.54, 1.807) is 18.0 Å². The van der Waals surface area contributed by atoms with Crippen LogP contribution < -0.4 is 5.06 Å². The predicted octanol–water partition coefficient (Wildman–Crippen LogP) is 8.88. The lowest BCUT2D eigenvalue weighted by molar-refractivity contribution is -0.137. The quantitative estimate of drug-likeness (QED) is 0.124. The van der Waals surface area contributed by atoms with Gasteiger partial charge < -0.3 is 4.74 Å². The van der Waals surface area contributed by atoms with Crippen molar-refractivity contribution in [1.29, 1.82) is 0 Å². The summed E-state index contributed by atoms with van der Waals surface area (Å²) in [4.78, 5) is 26.5. The van der Waals surface area contributed by atoms with Crippen LogP contribution in [0.5, 0.6) is 0 Å². The number of alkyl halides is 3. The number of unbranched alkanes of at least 4 members (excludes halogenated alkanes) is 2. The number of nitrogens with zero attached hydrogens (tertiary/aromatic N) is 3. The molecular weight excluding hydrogens is 563 g/mol. The highest BCUT2D eigenvalue weighted by Crippen LogP contribution is 2.34. The minimum atomic E-state index is -4.39. The number of piperidine rings is 1. The first kappa shape index (κ1) is 32.1. The maximum absolute atomic E-state index is 13.1. The molecule has 1 aliphatic heterocycles. The van der Waals surface area contributed by atoms with Gasteiger partial charge in [-0.05, 0) is 101 Å². The number of amides is 1. The van der Waals surface area contributed by atoms with Crippen molar-refractivity contribution in [1.82, 2.24) is 9.88 Å². The van der Waals surface area contributed by atoms with E-state index < -0.39 is 23.4 Å². The molecule has 1 saturated heterocycles. The maximum Gasteiger partial charge on any atom is 0.439 e. The standard InChI is InChI=1S/C32H40F3N3O3S/c1-31(2,3)41-30(39)38(26-12-10-11-24(21-26)23-37-17-6-4-7-18-37)40-19-8-5-9-20-42-29-15-16-36-28-22-25(32(33,34)35)13-14-27(28)29/h10-16,21-22H,4-9,17-20,23H2,1-3H3.